The second-order valence-electron chi connectivity index (χ2n) is 8.98. The monoisotopic (exact) mass is 494 g/mol. The molecule has 8 N–H and O–H groups in total. The number of amides is 3. The number of aliphatic hydroxyl groups is 4. The summed E-state index contributed by atoms with van der Waals surface area (Å²) in [6, 6.07) is 5.20. The van der Waals surface area contributed by atoms with Gasteiger partial charge in [-0.1, -0.05) is 30.3 Å². The van der Waals surface area contributed by atoms with E-state index in [0.717, 1.165) is 5.56 Å². The van der Waals surface area contributed by atoms with Gasteiger partial charge in [-0.3, -0.25) is 14.4 Å². The van der Waals surface area contributed by atoms with Gasteiger partial charge in [-0.05, 0) is 31.7 Å². The molecule has 0 bridgehead atoms. The highest BCUT2D eigenvalue weighted by atomic mass is 16.6. The summed E-state index contributed by atoms with van der Waals surface area (Å²) >= 11 is 0. The van der Waals surface area contributed by atoms with Crippen molar-refractivity contribution in [3.05, 3.63) is 35.9 Å². The minimum Gasteiger partial charge on any atom is -0.394 e. The Morgan fingerprint density at radius 1 is 1.17 bits per heavy atom. The van der Waals surface area contributed by atoms with Gasteiger partial charge in [0, 0.05) is 6.54 Å². The van der Waals surface area contributed by atoms with Crippen LogP contribution in [0.3, 0.4) is 0 Å². The highest BCUT2D eigenvalue weighted by Crippen LogP contribution is 2.22. The topological polar surface area (TPSA) is 195 Å². The van der Waals surface area contributed by atoms with Crippen molar-refractivity contribution in [1.82, 2.24) is 15.5 Å². The van der Waals surface area contributed by atoms with E-state index in [1.165, 1.54) is 11.8 Å². The lowest BCUT2D eigenvalue weighted by Crippen LogP contribution is -2.65. The maximum Gasteiger partial charge on any atom is 0.245 e. The Morgan fingerprint density at radius 2 is 1.86 bits per heavy atom. The Hall–Kier alpha value is -2.61. The molecule has 0 saturated carbocycles. The lowest BCUT2D eigenvalue weighted by atomic mass is 9.96. The van der Waals surface area contributed by atoms with E-state index in [0.29, 0.717) is 19.3 Å². The second kappa shape index (κ2) is 11.9. The largest absolute Gasteiger partial charge is 0.394 e. The number of hydrogen-bond acceptors (Lipinski definition) is 9. The first-order valence-electron chi connectivity index (χ1n) is 11.6. The predicted octanol–water partition coefficient (Wildman–Crippen LogP) is -3.03. The van der Waals surface area contributed by atoms with Gasteiger partial charge < -0.3 is 46.4 Å². The van der Waals surface area contributed by atoms with Crippen LogP contribution in [0, 0.1) is 0 Å². The molecule has 8 atom stereocenters. The molecule has 0 spiro atoms. The standard InChI is InChI=1S/C23H34N4O8/c1-12(25-20(31)14(24)10-13-6-3-2-4-7-13)22(33)27-9-5-8-15(27)21(32)26-17-19(30)18(29)16(11-28)35-23(17)34/h2-4,6-7,12,14-19,23,28-30,34H,5,8-11,24H2,1H3,(H,25,31)(H,26,32)/t12-,14-,15-,16+,17+,18+,19+,23-/m0/s1. The summed E-state index contributed by atoms with van der Waals surface area (Å²) in [4.78, 5) is 39.8. The molecule has 12 nitrogen and oxygen atoms in total. The Bertz CT molecular complexity index is 888. The SMILES string of the molecule is C[C@H](NC(=O)[C@@H](N)Cc1ccccc1)C(=O)N1CCC[C@H]1C(=O)N[C@@H]1[C@@H](O)[C@H](O)[C@@H](CO)O[C@@H]1O. The molecule has 1 aromatic rings. The molecule has 0 aromatic heterocycles. The molecule has 194 valence electrons. The number of nitrogens with zero attached hydrogens (tertiary/aromatic N) is 1. The fourth-order valence-electron chi connectivity index (χ4n) is 4.41. The van der Waals surface area contributed by atoms with Gasteiger partial charge in [0.1, 0.15) is 36.4 Å². The number of rotatable bonds is 8. The van der Waals surface area contributed by atoms with Gasteiger partial charge >= 0.3 is 0 Å². The highest BCUT2D eigenvalue weighted by Gasteiger charge is 2.46. The van der Waals surface area contributed by atoms with E-state index < -0.39 is 73.1 Å². The van der Waals surface area contributed by atoms with Crippen LogP contribution in [0.25, 0.3) is 0 Å². The maximum atomic E-state index is 13.0. The van der Waals surface area contributed by atoms with Gasteiger partial charge in [0.05, 0.1) is 12.6 Å². The van der Waals surface area contributed by atoms with Gasteiger partial charge in [0.2, 0.25) is 17.7 Å². The smallest absolute Gasteiger partial charge is 0.245 e. The molecule has 2 heterocycles. The van der Waals surface area contributed by atoms with E-state index in [2.05, 4.69) is 10.6 Å². The van der Waals surface area contributed by atoms with Gasteiger partial charge in [-0.15, -0.1) is 0 Å². The maximum absolute atomic E-state index is 13.0. The van der Waals surface area contributed by atoms with Crippen LogP contribution in [0.15, 0.2) is 30.3 Å². The van der Waals surface area contributed by atoms with Gasteiger partial charge in [-0.25, -0.2) is 0 Å². The quantitative estimate of drug-likeness (QED) is 0.197. The summed E-state index contributed by atoms with van der Waals surface area (Å²) in [7, 11) is 0. The van der Waals surface area contributed by atoms with Crippen molar-refractivity contribution in [3.8, 4) is 0 Å². The van der Waals surface area contributed by atoms with Gasteiger partial charge in [0.15, 0.2) is 6.29 Å². The zero-order valence-corrected chi connectivity index (χ0v) is 19.5. The summed E-state index contributed by atoms with van der Waals surface area (Å²) in [6.45, 7) is 1.17. The van der Waals surface area contributed by atoms with Crippen LogP contribution in [-0.4, -0.2) is 105 Å². The van der Waals surface area contributed by atoms with Crippen LogP contribution >= 0.6 is 0 Å². The Kier molecular flexibility index (Phi) is 9.16. The van der Waals surface area contributed by atoms with Crippen LogP contribution in [-0.2, 0) is 25.5 Å². The summed E-state index contributed by atoms with van der Waals surface area (Å²) in [5, 5.41) is 44.6. The van der Waals surface area contributed by atoms with Crippen molar-refractivity contribution in [2.24, 2.45) is 5.73 Å². The average Bonchev–Trinajstić information content (AvgIpc) is 3.34. The third kappa shape index (κ3) is 6.34. The van der Waals surface area contributed by atoms with Crippen LogP contribution in [0.2, 0.25) is 0 Å². The third-order valence-electron chi connectivity index (χ3n) is 6.41. The van der Waals surface area contributed by atoms with E-state index in [1.807, 2.05) is 30.3 Å². The second-order valence-corrected chi connectivity index (χ2v) is 8.98. The Labute approximate surface area is 203 Å². The number of nitrogens with two attached hydrogens (primary N) is 1. The Balaban J connectivity index is 1.57. The minimum atomic E-state index is -1.66. The molecule has 35 heavy (non-hydrogen) atoms. The molecular weight excluding hydrogens is 460 g/mol. The predicted molar refractivity (Wildman–Crippen MR) is 122 cm³/mol. The molecule has 1 aromatic carbocycles. The molecule has 2 aliphatic heterocycles. The molecule has 0 aliphatic carbocycles. The van der Waals surface area contributed by atoms with Crippen molar-refractivity contribution in [1.29, 1.82) is 0 Å². The summed E-state index contributed by atoms with van der Waals surface area (Å²) in [6.07, 6.45) is -4.79. The van der Waals surface area contributed by atoms with Crippen molar-refractivity contribution >= 4 is 17.7 Å². The molecule has 2 aliphatic rings. The molecule has 3 amide bonds. The lowest BCUT2D eigenvalue weighted by Gasteiger charge is -2.41. The van der Waals surface area contributed by atoms with Crippen LogP contribution in [0.5, 0.6) is 0 Å². The van der Waals surface area contributed by atoms with Crippen molar-refractivity contribution < 1.29 is 39.5 Å². The zero-order valence-electron chi connectivity index (χ0n) is 19.5. The van der Waals surface area contributed by atoms with E-state index in [9.17, 15) is 34.8 Å². The van der Waals surface area contributed by atoms with E-state index in [4.69, 9.17) is 10.5 Å². The first-order valence-corrected chi connectivity index (χ1v) is 11.6. The van der Waals surface area contributed by atoms with E-state index >= 15 is 0 Å². The summed E-state index contributed by atoms with van der Waals surface area (Å²) < 4.78 is 5.06. The van der Waals surface area contributed by atoms with Crippen molar-refractivity contribution in [2.45, 2.75) is 75.0 Å². The first kappa shape index (κ1) is 27.0. The van der Waals surface area contributed by atoms with Gasteiger partial charge in [-0.2, -0.15) is 0 Å². The lowest BCUT2D eigenvalue weighted by molar-refractivity contribution is -0.254. The number of carbonyl (C=O) groups excluding carboxylic acids is 3. The summed E-state index contributed by atoms with van der Waals surface area (Å²) in [5.74, 6) is -1.60. The van der Waals surface area contributed by atoms with E-state index in [-0.39, 0.29) is 6.54 Å². The minimum absolute atomic E-state index is 0.286. The van der Waals surface area contributed by atoms with Crippen molar-refractivity contribution in [3.63, 3.8) is 0 Å². The molecule has 2 saturated heterocycles. The third-order valence-corrected chi connectivity index (χ3v) is 6.41. The molecule has 3 rings (SSSR count). The number of likely N-dealkylation sites (tertiary alicyclic amines) is 1. The number of benzene rings is 1. The fraction of sp³-hybridized carbons (Fsp3) is 0.609. The number of aliphatic hydroxyl groups excluding tert-OH is 4. The molecule has 0 unspecified atom stereocenters. The van der Waals surface area contributed by atoms with E-state index in [1.54, 1.807) is 0 Å². The highest BCUT2D eigenvalue weighted by molar-refractivity contribution is 5.93. The van der Waals surface area contributed by atoms with Gasteiger partial charge in [0.25, 0.3) is 0 Å². The van der Waals surface area contributed by atoms with Crippen LogP contribution in [0.1, 0.15) is 25.3 Å². The van der Waals surface area contributed by atoms with Crippen LogP contribution < -0.4 is 16.4 Å². The normalized spacial score (nSPS) is 30.4. The van der Waals surface area contributed by atoms with Crippen molar-refractivity contribution in [2.75, 3.05) is 13.2 Å². The zero-order chi connectivity index (χ0) is 25.7. The number of nitrogens with one attached hydrogen (secondary N) is 2. The number of carbonyl (C=O) groups is 3. The molecule has 12 heteroatoms. The number of ether oxygens (including phenoxy) is 1. The fourth-order valence-corrected chi connectivity index (χ4v) is 4.41. The first-order chi connectivity index (χ1) is 16.6. The average molecular weight is 495 g/mol. The summed E-state index contributed by atoms with van der Waals surface area (Å²) in [5.41, 5.74) is 6.88. The molecular formula is C23H34N4O8. The number of hydrogen-bond donors (Lipinski definition) is 7. The van der Waals surface area contributed by atoms with Crippen LogP contribution in [0.4, 0.5) is 0 Å². The molecule has 2 fully saturated rings. The molecule has 0 radical (unpaired) electrons. The Morgan fingerprint density at radius 3 is 2.51 bits per heavy atom.